The molecule has 0 saturated carbocycles. The molecule has 1 amide bonds. The topological polar surface area (TPSA) is 116 Å². The fourth-order valence-corrected chi connectivity index (χ4v) is 2.39. The van der Waals surface area contributed by atoms with Crippen LogP contribution in [-0.4, -0.2) is 26.2 Å². The summed E-state index contributed by atoms with van der Waals surface area (Å²) in [5.41, 5.74) is 1.33. The summed E-state index contributed by atoms with van der Waals surface area (Å²) >= 11 is 0. The Labute approximate surface area is 159 Å². The number of amides is 1. The summed E-state index contributed by atoms with van der Waals surface area (Å²) in [6.07, 6.45) is 0.311. The Morgan fingerprint density at radius 3 is 2.76 bits per heavy atom. The van der Waals surface area contributed by atoms with Gasteiger partial charge >= 0.3 is 18.2 Å². The van der Waals surface area contributed by atoms with Crippen molar-refractivity contribution in [2.75, 3.05) is 5.32 Å². The van der Waals surface area contributed by atoms with Crippen LogP contribution in [-0.2, 0) is 17.5 Å². The van der Waals surface area contributed by atoms with Crippen molar-refractivity contribution in [1.82, 2.24) is 20.1 Å². The summed E-state index contributed by atoms with van der Waals surface area (Å²) < 4.78 is 52.1. The second kappa shape index (κ2) is 7.22. The first kappa shape index (κ1) is 18.4. The molecular weight excluding hydrogens is 395 g/mol. The van der Waals surface area contributed by atoms with Crippen molar-refractivity contribution < 1.29 is 31.6 Å². The van der Waals surface area contributed by atoms with Crippen LogP contribution in [0, 0.1) is 0 Å². The van der Waals surface area contributed by atoms with Gasteiger partial charge in [0, 0.05) is 29.5 Å². The van der Waals surface area contributed by atoms with Gasteiger partial charge in [0.05, 0.1) is 11.8 Å². The SMILES string of the molecule is O=C(Nc1ccc(-c2noc(C(F)(F)F)n2)cn1)OCc1cncc2ccoc12. The lowest BCUT2D eigenvalue weighted by atomic mass is 10.2. The molecule has 9 nitrogen and oxygen atoms in total. The summed E-state index contributed by atoms with van der Waals surface area (Å²) in [4.78, 5) is 23.1. The Morgan fingerprint density at radius 1 is 1.17 bits per heavy atom. The lowest BCUT2D eigenvalue weighted by molar-refractivity contribution is -0.159. The molecule has 29 heavy (non-hydrogen) atoms. The van der Waals surface area contributed by atoms with E-state index < -0.39 is 18.2 Å². The van der Waals surface area contributed by atoms with E-state index in [0.717, 1.165) is 5.39 Å². The summed E-state index contributed by atoms with van der Waals surface area (Å²) in [6.45, 7) is -0.0785. The molecule has 0 aliphatic rings. The monoisotopic (exact) mass is 405 g/mol. The number of hydrogen-bond donors (Lipinski definition) is 1. The van der Waals surface area contributed by atoms with Gasteiger partial charge in [-0.25, -0.2) is 9.78 Å². The molecule has 0 atom stereocenters. The molecule has 0 bridgehead atoms. The molecule has 1 N–H and O–H groups in total. The van der Waals surface area contributed by atoms with Gasteiger partial charge < -0.3 is 13.7 Å². The number of aromatic nitrogens is 4. The molecule has 4 heterocycles. The molecule has 12 heteroatoms. The highest BCUT2D eigenvalue weighted by atomic mass is 19.4. The number of alkyl halides is 3. The van der Waals surface area contributed by atoms with E-state index in [9.17, 15) is 18.0 Å². The highest BCUT2D eigenvalue weighted by molar-refractivity contribution is 5.84. The minimum atomic E-state index is -4.74. The van der Waals surface area contributed by atoms with Crippen LogP contribution in [0.2, 0.25) is 0 Å². The number of furan rings is 1. The zero-order valence-corrected chi connectivity index (χ0v) is 14.3. The van der Waals surface area contributed by atoms with Crippen LogP contribution in [0.5, 0.6) is 0 Å². The second-order valence-corrected chi connectivity index (χ2v) is 5.69. The lowest BCUT2D eigenvalue weighted by Crippen LogP contribution is -2.14. The van der Waals surface area contributed by atoms with Crippen LogP contribution in [0.3, 0.4) is 0 Å². The Bertz CT molecular complexity index is 1150. The number of carbonyl (C=O) groups is 1. The molecule has 0 saturated heterocycles. The van der Waals surface area contributed by atoms with Gasteiger partial charge in [-0.3, -0.25) is 10.3 Å². The number of nitrogens with zero attached hydrogens (tertiary/aromatic N) is 4. The van der Waals surface area contributed by atoms with Crippen molar-refractivity contribution in [1.29, 1.82) is 0 Å². The fourth-order valence-electron chi connectivity index (χ4n) is 2.39. The van der Waals surface area contributed by atoms with Crippen molar-refractivity contribution in [3.8, 4) is 11.4 Å². The van der Waals surface area contributed by atoms with E-state index in [2.05, 4.69) is 29.9 Å². The zero-order chi connectivity index (χ0) is 20.4. The first-order chi connectivity index (χ1) is 13.9. The van der Waals surface area contributed by atoms with Gasteiger partial charge in [-0.1, -0.05) is 5.16 Å². The Kier molecular flexibility index (Phi) is 4.58. The smallest absolute Gasteiger partial charge is 0.464 e. The van der Waals surface area contributed by atoms with Crippen molar-refractivity contribution in [3.05, 3.63) is 54.5 Å². The average molecular weight is 405 g/mol. The number of hydrogen-bond acceptors (Lipinski definition) is 8. The predicted molar refractivity (Wildman–Crippen MR) is 90.3 cm³/mol. The number of rotatable bonds is 4. The van der Waals surface area contributed by atoms with E-state index in [0.29, 0.717) is 11.1 Å². The molecule has 0 unspecified atom stereocenters. The number of anilines is 1. The highest BCUT2D eigenvalue weighted by Crippen LogP contribution is 2.29. The molecule has 0 fully saturated rings. The van der Waals surface area contributed by atoms with Crippen LogP contribution in [0.4, 0.5) is 23.8 Å². The van der Waals surface area contributed by atoms with E-state index in [1.807, 2.05) is 0 Å². The van der Waals surface area contributed by atoms with Crippen LogP contribution in [0.15, 0.2) is 52.0 Å². The van der Waals surface area contributed by atoms with Gasteiger partial charge in [0.25, 0.3) is 0 Å². The predicted octanol–water partition coefficient (Wildman–Crippen LogP) is 4.04. The molecular formula is C17H10F3N5O4. The van der Waals surface area contributed by atoms with Crippen molar-refractivity contribution in [2.45, 2.75) is 12.8 Å². The number of pyridine rings is 2. The number of fused-ring (bicyclic) bond motifs is 1. The van der Waals surface area contributed by atoms with Gasteiger partial charge in [-0.05, 0) is 18.2 Å². The van der Waals surface area contributed by atoms with Crippen LogP contribution in [0.1, 0.15) is 11.5 Å². The van der Waals surface area contributed by atoms with E-state index in [1.165, 1.54) is 30.8 Å². The summed E-state index contributed by atoms with van der Waals surface area (Å²) in [5, 5.41) is 6.43. The number of carbonyl (C=O) groups excluding carboxylic acids is 1. The molecule has 0 radical (unpaired) electrons. The third-order valence-electron chi connectivity index (χ3n) is 3.71. The average Bonchev–Trinajstić information content (AvgIpc) is 3.36. The van der Waals surface area contributed by atoms with Gasteiger partial charge in [0.2, 0.25) is 5.82 Å². The number of ether oxygens (including phenoxy) is 1. The maximum absolute atomic E-state index is 12.5. The quantitative estimate of drug-likeness (QED) is 0.541. The largest absolute Gasteiger partial charge is 0.471 e. The lowest BCUT2D eigenvalue weighted by Gasteiger charge is -2.07. The Hall–Kier alpha value is -3.96. The maximum Gasteiger partial charge on any atom is 0.471 e. The number of halogens is 3. The molecule has 148 valence electrons. The molecule has 0 spiro atoms. The Morgan fingerprint density at radius 2 is 2.03 bits per heavy atom. The van der Waals surface area contributed by atoms with Crippen LogP contribution in [0.25, 0.3) is 22.4 Å². The van der Waals surface area contributed by atoms with E-state index in [-0.39, 0.29) is 23.8 Å². The standard InChI is InChI=1S/C17H10F3N5O4/c18-17(19,20)15-24-14(25-29-15)10-1-2-12(22-7-10)23-16(26)28-8-11-6-21-5-9-3-4-27-13(9)11/h1-7H,8H2,(H,22,23,26). The van der Waals surface area contributed by atoms with E-state index >= 15 is 0 Å². The summed E-state index contributed by atoms with van der Waals surface area (Å²) in [5.74, 6) is -1.62. The van der Waals surface area contributed by atoms with Crippen molar-refractivity contribution >= 4 is 22.9 Å². The molecule has 4 aromatic heterocycles. The molecule has 0 aromatic carbocycles. The molecule has 0 aliphatic carbocycles. The van der Waals surface area contributed by atoms with Gasteiger partial charge in [0.1, 0.15) is 18.0 Å². The van der Waals surface area contributed by atoms with Crippen LogP contribution < -0.4 is 5.32 Å². The maximum atomic E-state index is 12.5. The summed E-state index contributed by atoms with van der Waals surface area (Å²) in [7, 11) is 0. The third kappa shape index (κ3) is 4.00. The molecule has 4 rings (SSSR count). The molecule has 4 aromatic rings. The zero-order valence-electron chi connectivity index (χ0n) is 14.3. The van der Waals surface area contributed by atoms with E-state index in [1.54, 1.807) is 12.3 Å². The fraction of sp³-hybridized carbons (Fsp3) is 0.118. The van der Waals surface area contributed by atoms with Gasteiger partial charge in [0.15, 0.2) is 0 Å². The second-order valence-electron chi connectivity index (χ2n) is 5.69. The minimum absolute atomic E-state index is 0.0785. The van der Waals surface area contributed by atoms with Crippen molar-refractivity contribution in [2.24, 2.45) is 0 Å². The first-order valence-corrected chi connectivity index (χ1v) is 8.01. The van der Waals surface area contributed by atoms with Crippen molar-refractivity contribution in [3.63, 3.8) is 0 Å². The molecule has 0 aliphatic heterocycles. The van der Waals surface area contributed by atoms with Gasteiger partial charge in [-0.15, -0.1) is 0 Å². The summed E-state index contributed by atoms with van der Waals surface area (Å²) in [6, 6.07) is 4.47. The normalized spacial score (nSPS) is 11.6. The van der Waals surface area contributed by atoms with Crippen LogP contribution >= 0.6 is 0 Å². The third-order valence-corrected chi connectivity index (χ3v) is 3.71. The Balaban J connectivity index is 1.38. The van der Waals surface area contributed by atoms with Gasteiger partial charge in [-0.2, -0.15) is 18.2 Å². The minimum Gasteiger partial charge on any atom is -0.464 e. The van der Waals surface area contributed by atoms with E-state index in [4.69, 9.17) is 9.15 Å². The number of nitrogens with one attached hydrogen (secondary N) is 1. The highest BCUT2D eigenvalue weighted by Gasteiger charge is 2.38. The first-order valence-electron chi connectivity index (χ1n) is 8.01.